The molecule has 0 aliphatic heterocycles. The minimum atomic E-state index is -4.51. The maximum atomic E-state index is 12.8. The fraction of sp³-hybridized carbons (Fsp3) is 0.211. The quantitative estimate of drug-likeness (QED) is 0.388. The van der Waals surface area contributed by atoms with E-state index >= 15 is 0 Å². The van der Waals surface area contributed by atoms with Crippen molar-refractivity contribution in [3.8, 4) is 11.6 Å². The molecular formula is C19H13Cl2F5N4O. The molecule has 3 rings (SSSR count). The number of benzene rings is 1. The van der Waals surface area contributed by atoms with Gasteiger partial charge in [0.25, 0.3) is 6.43 Å². The summed E-state index contributed by atoms with van der Waals surface area (Å²) in [7, 11) is 0. The molecule has 164 valence electrons. The van der Waals surface area contributed by atoms with E-state index in [9.17, 15) is 22.0 Å². The topological polar surface area (TPSA) is 59.9 Å². The molecule has 0 unspecified atom stereocenters. The average molecular weight is 479 g/mol. The number of alkyl halides is 5. The van der Waals surface area contributed by atoms with Gasteiger partial charge in [0, 0.05) is 18.8 Å². The average Bonchev–Trinajstić information content (AvgIpc) is 2.71. The number of nitrogens with one attached hydrogen (secondary N) is 1. The Morgan fingerprint density at radius 2 is 1.81 bits per heavy atom. The number of halogens is 7. The van der Waals surface area contributed by atoms with Gasteiger partial charge >= 0.3 is 6.18 Å². The van der Waals surface area contributed by atoms with Gasteiger partial charge in [-0.05, 0) is 30.2 Å². The van der Waals surface area contributed by atoms with Crippen LogP contribution in [0.25, 0.3) is 0 Å². The number of anilines is 1. The minimum absolute atomic E-state index is 0.0322. The van der Waals surface area contributed by atoms with Crippen molar-refractivity contribution in [1.82, 2.24) is 15.0 Å². The zero-order valence-corrected chi connectivity index (χ0v) is 16.9. The van der Waals surface area contributed by atoms with Crippen molar-refractivity contribution in [2.75, 3.05) is 11.9 Å². The second-order valence-electron chi connectivity index (χ2n) is 6.15. The first-order chi connectivity index (χ1) is 14.6. The van der Waals surface area contributed by atoms with Gasteiger partial charge in [0.1, 0.15) is 28.6 Å². The Morgan fingerprint density at radius 3 is 2.42 bits per heavy atom. The molecule has 2 aromatic heterocycles. The number of ether oxygens (including phenoxy) is 1. The van der Waals surface area contributed by atoms with Gasteiger partial charge in [-0.25, -0.2) is 23.7 Å². The fourth-order valence-corrected chi connectivity index (χ4v) is 2.94. The maximum Gasteiger partial charge on any atom is 0.416 e. The second-order valence-corrected chi connectivity index (χ2v) is 6.93. The molecular weight excluding hydrogens is 466 g/mol. The highest BCUT2D eigenvalue weighted by Crippen LogP contribution is 2.36. The number of hydrogen-bond acceptors (Lipinski definition) is 5. The van der Waals surface area contributed by atoms with Crippen LogP contribution in [0.3, 0.4) is 0 Å². The van der Waals surface area contributed by atoms with Crippen LogP contribution in [0.2, 0.25) is 10.0 Å². The molecule has 12 heteroatoms. The third-order valence-corrected chi connectivity index (χ3v) is 4.67. The molecule has 2 heterocycles. The highest BCUT2D eigenvalue weighted by molar-refractivity contribution is 6.33. The van der Waals surface area contributed by atoms with Gasteiger partial charge in [-0.3, -0.25) is 0 Å². The minimum Gasteiger partial charge on any atom is -0.437 e. The molecule has 3 aromatic rings. The Hall–Kier alpha value is -2.72. The molecule has 0 radical (unpaired) electrons. The Bertz CT molecular complexity index is 1050. The summed E-state index contributed by atoms with van der Waals surface area (Å²) in [5, 5.41) is 2.41. The lowest BCUT2D eigenvalue weighted by Gasteiger charge is -2.11. The number of hydrogen-bond donors (Lipinski definition) is 1. The summed E-state index contributed by atoms with van der Waals surface area (Å²) in [6, 6.07) is 5.96. The van der Waals surface area contributed by atoms with E-state index in [1.165, 1.54) is 12.3 Å². The van der Waals surface area contributed by atoms with Crippen LogP contribution in [0.15, 0.2) is 42.9 Å². The summed E-state index contributed by atoms with van der Waals surface area (Å²) >= 11 is 11.7. The van der Waals surface area contributed by atoms with Crippen LogP contribution in [0.5, 0.6) is 11.6 Å². The molecule has 0 atom stereocenters. The van der Waals surface area contributed by atoms with E-state index in [0.717, 1.165) is 30.1 Å². The first-order valence-corrected chi connectivity index (χ1v) is 9.42. The van der Waals surface area contributed by atoms with Crippen molar-refractivity contribution >= 4 is 29.0 Å². The summed E-state index contributed by atoms with van der Waals surface area (Å²) in [4.78, 5) is 11.4. The normalized spacial score (nSPS) is 11.6. The number of pyridine rings is 1. The Kier molecular flexibility index (Phi) is 7.11. The third kappa shape index (κ3) is 5.92. The molecule has 0 amide bonds. The summed E-state index contributed by atoms with van der Waals surface area (Å²) in [5.41, 5.74) is -0.660. The molecule has 1 aromatic carbocycles. The highest BCUT2D eigenvalue weighted by Gasteiger charge is 2.31. The molecule has 0 aliphatic rings. The van der Waals surface area contributed by atoms with Crippen LogP contribution >= 0.6 is 23.2 Å². The second kappa shape index (κ2) is 9.61. The van der Waals surface area contributed by atoms with Gasteiger partial charge in [-0.15, -0.1) is 0 Å². The lowest BCUT2D eigenvalue weighted by molar-refractivity contribution is -0.137. The SMILES string of the molecule is FC(F)c1ncnc(NCCc2ccc(Oc3ccc(C(F)(F)F)cc3Cl)nc2)c1Cl. The summed E-state index contributed by atoms with van der Waals surface area (Å²) < 4.78 is 69.1. The van der Waals surface area contributed by atoms with E-state index in [2.05, 4.69) is 20.3 Å². The van der Waals surface area contributed by atoms with E-state index in [4.69, 9.17) is 27.9 Å². The largest absolute Gasteiger partial charge is 0.437 e. The van der Waals surface area contributed by atoms with Crippen LogP contribution in [0.1, 0.15) is 23.2 Å². The zero-order valence-electron chi connectivity index (χ0n) is 15.4. The van der Waals surface area contributed by atoms with E-state index in [1.807, 2.05) is 0 Å². The molecule has 0 aliphatic carbocycles. The number of nitrogens with zero attached hydrogens (tertiary/aromatic N) is 3. The predicted molar refractivity (Wildman–Crippen MR) is 105 cm³/mol. The predicted octanol–water partition coefficient (Wildman–Crippen LogP) is 6.58. The highest BCUT2D eigenvalue weighted by atomic mass is 35.5. The van der Waals surface area contributed by atoms with Crippen LogP contribution in [-0.4, -0.2) is 21.5 Å². The van der Waals surface area contributed by atoms with Gasteiger partial charge in [0.15, 0.2) is 0 Å². The van der Waals surface area contributed by atoms with Gasteiger partial charge in [-0.1, -0.05) is 29.3 Å². The van der Waals surface area contributed by atoms with Gasteiger partial charge in [0.05, 0.1) is 10.6 Å². The van der Waals surface area contributed by atoms with Crippen LogP contribution < -0.4 is 10.1 Å². The number of aromatic nitrogens is 3. The van der Waals surface area contributed by atoms with Gasteiger partial charge < -0.3 is 10.1 Å². The van der Waals surface area contributed by atoms with E-state index < -0.39 is 23.9 Å². The smallest absolute Gasteiger partial charge is 0.416 e. The van der Waals surface area contributed by atoms with Crippen molar-refractivity contribution in [3.63, 3.8) is 0 Å². The first kappa shape index (κ1) is 23.0. The van der Waals surface area contributed by atoms with Crippen LogP contribution in [0.4, 0.5) is 27.8 Å². The Labute approximate surface area is 183 Å². The fourth-order valence-electron chi connectivity index (χ4n) is 2.48. The van der Waals surface area contributed by atoms with E-state index in [0.29, 0.717) is 13.0 Å². The van der Waals surface area contributed by atoms with E-state index in [1.54, 1.807) is 6.07 Å². The van der Waals surface area contributed by atoms with Crippen molar-refractivity contribution in [1.29, 1.82) is 0 Å². The maximum absolute atomic E-state index is 12.8. The molecule has 0 bridgehead atoms. The molecule has 0 saturated heterocycles. The molecule has 1 N–H and O–H groups in total. The number of rotatable bonds is 7. The van der Waals surface area contributed by atoms with Crippen LogP contribution in [-0.2, 0) is 12.6 Å². The summed E-state index contributed by atoms with van der Waals surface area (Å²) in [5.74, 6) is 0.264. The Morgan fingerprint density at radius 1 is 1.03 bits per heavy atom. The summed E-state index contributed by atoms with van der Waals surface area (Å²) in [6.45, 7) is 0.325. The molecule has 5 nitrogen and oxygen atoms in total. The van der Waals surface area contributed by atoms with Crippen molar-refractivity contribution < 1.29 is 26.7 Å². The first-order valence-electron chi connectivity index (χ1n) is 8.67. The standard InChI is InChI=1S/C19H13Cl2F5N4O/c20-12-7-11(19(24,25)26)2-3-13(12)31-14-4-1-10(8-28-14)5-6-27-18-15(21)16(17(22)23)29-9-30-18/h1-4,7-9,17H,5-6H2,(H,27,29,30). The monoisotopic (exact) mass is 478 g/mol. The van der Waals surface area contributed by atoms with Gasteiger partial charge in [0.2, 0.25) is 5.88 Å². The van der Waals surface area contributed by atoms with Crippen molar-refractivity contribution in [2.45, 2.75) is 19.0 Å². The third-order valence-electron chi connectivity index (χ3n) is 4.00. The van der Waals surface area contributed by atoms with Crippen LogP contribution in [0, 0.1) is 0 Å². The van der Waals surface area contributed by atoms with E-state index in [-0.39, 0.29) is 27.5 Å². The van der Waals surface area contributed by atoms with Crippen molar-refractivity contribution in [3.05, 3.63) is 69.7 Å². The van der Waals surface area contributed by atoms with Crippen molar-refractivity contribution in [2.24, 2.45) is 0 Å². The molecule has 31 heavy (non-hydrogen) atoms. The zero-order chi connectivity index (χ0) is 22.6. The lowest BCUT2D eigenvalue weighted by Crippen LogP contribution is -2.08. The molecule has 0 spiro atoms. The molecule has 0 saturated carbocycles. The molecule has 0 fully saturated rings. The summed E-state index contributed by atoms with van der Waals surface area (Å²) in [6.07, 6.45) is -4.37. The Balaban J connectivity index is 1.58. The van der Waals surface area contributed by atoms with Gasteiger partial charge in [-0.2, -0.15) is 13.2 Å². The lowest BCUT2D eigenvalue weighted by atomic mass is 10.2.